The van der Waals surface area contributed by atoms with Gasteiger partial charge in [0.25, 0.3) is 0 Å². The molecule has 2 heterocycles. The van der Waals surface area contributed by atoms with Gasteiger partial charge in [-0.2, -0.15) is 0 Å². The number of hydrogen-bond acceptors (Lipinski definition) is 5. The van der Waals surface area contributed by atoms with Gasteiger partial charge in [-0.15, -0.1) is 0 Å². The van der Waals surface area contributed by atoms with E-state index >= 15 is 0 Å². The van der Waals surface area contributed by atoms with Crippen LogP contribution in [0.15, 0.2) is 42.5 Å². The van der Waals surface area contributed by atoms with Crippen LogP contribution in [0, 0.1) is 29.1 Å². The number of carbonyl (C=O) groups excluding carboxylic acids is 2. The number of aliphatic hydroxyl groups is 2. The number of nitrogens with one attached hydrogen (secondary N) is 1. The highest BCUT2D eigenvalue weighted by atomic mass is 16.6. The van der Waals surface area contributed by atoms with Gasteiger partial charge in [0.15, 0.2) is 5.78 Å². The van der Waals surface area contributed by atoms with Crippen molar-refractivity contribution in [3.05, 3.63) is 48.0 Å². The zero-order valence-corrected chi connectivity index (χ0v) is 20.5. The topological polar surface area (TPSA) is 99.2 Å². The van der Waals surface area contributed by atoms with Crippen LogP contribution in [0.25, 0.3) is 0 Å². The third-order valence-electron chi connectivity index (χ3n) is 9.33. The van der Waals surface area contributed by atoms with E-state index in [0.717, 1.165) is 5.56 Å². The quantitative estimate of drug-likeness (QED) is 0.353. The van der Waals surface area contributed by atoms with E-state index in [4.69, 9.17) is 4.74 Å². The lowest BCUT2D eigenvalue weighted by Crippen LogP contribution is -2.59. The Balaban J connectivity index is 1.62. The number of aliphatic hydroxyl groups excluding tert-OH is 1. The lowest BCUT2D eigenvalue weighted by molar-refractivity contribution is -0.153. The number of Topliss-reactive ketones (excluding diaryl/α,β-unsaturated/α-hetero) is 1. The Morgan fingerprint density at radius 3 is 2.56 bits per heavy atom. The summed E-state index contributed by atoms with van der Waals surface area (Å²) in [5.74, 6) is -1.12. The molecule has 2 aliphatic carbocycles. The SMILES string of the molecule is C[C@H]1CC=C[C@H]2[C@@H]3O[C@]3(C)[C@@H](C)[C@H]3[C@H](Cc4ccccc4)NC(=O)[C@]32C(=O)C[C@@H](O)[C@@](C)(O)C1. The molecule has 10 atom stereocenters. The fourth-order valence-corrected chi connectivity index (χ4v) is 7.34. The van der Waals surface area contributed by atoms with Crippen molar-refractivity contribution in [1.29, 1.82) is 0 Å². The first-order chi connectivity index (χ1) is 16.0. The number of allylic oxidation sites excluding steroid dienone is 1. The molecule has 2 aliphatic heterocycles. The standard InChI is InChI=1S/C28H37NO5/c1-16-9-8-12-19-24-27(4,34-24)17(2)23-20(13-18-10-6-5-7-11-18)29-25(32)28(19,23)22(31)14-21(30)26(3,33)15-16/h5-8,10-12,16-17,19-21,23-24,30,33H,9,13-15H2,1-4H3,(H,29,32)/t16-,17-,19-,20-,21+,23-,24-,26-,27+,28+/m0/s1. The number of fused-ring (bicyclic) bond motifs is 2. The average Bonchev–Trinajstić information content (AvgIpc) is 3.38. The molecule has 34 heavy (non-hydrogen) atoms. The lowest BCUT2D eigenvalue weighted by atomic mass is 9.51. The van der Waals surface area contributed by atoms with Crippen LogP contribution in [0.4, 0.5) is 0 Å². The second kappa shape index (κ2) is 8.00. The van der Waals surface area contributed by atoms with Crippen LogP contribution in [0.3, 0.4) is 0 Å². The van der Waals surface area contributed by atoms with Gasteiger partial charge in [-0.3, -0.25) is 9.59 Å². The normalized spacial score (nSPS) is 48.2. The van der Waals surface area contributed by atoms with Crippen molar-refractivity contribution in [3.8, 4) is 0 Å². The fourth-order valence-electron chi connectivity index (χ4n) is 7.34. The summed E-state index contributed by atoms with van der Waals surface area (Å²) < 4.78 is 6.27. The second-order valence-corrected chi connectivity index (χ2v) is 11.7. The molecule has 6 nitrogen and oxygen atoms in total. The van der Waals surface area contributed by atoms with Crippen molar-refractivity contribution < 1.29 is 24.5 Å². The summed E-state index contributed by atoms with van der Waals surface area (Å²) in [6.45, 7) is 7.81. The molecule has 3 fully saturated rings. The molecule has 6 heteroatoms. The summed E-state index contributed by atoms with van der Waals surface area (Å²) in [6, 6.07) is 9.80. The van der Waals surface area contributed by atoms with Crippen molar-refractivity contribution in [2.24, 2.45) is 29.1 Å². The Hall–Kier alpha value is -2.02. The number of hydrogen-bond donors (Lipinski definition) is 3. The van der Waals surface area contributed by atoms with E-state index in [9.17, 15) is 19.8 Å². The lowest BCUT2D eigenvalue weighted by Gasteiger charge is -2.46. The van der Waals surface area contributed by atoms with Crippen molar-refractivity contribution >= 4 is 11.7 Å². The molecule has 184 valence electrons. The summed E-state index contributed by atoms with van der Waals surface area (Å²) in [5.41, 5.74) is -2.01. The summed E-state index contributed by atoms with van der Waals surface area (Å²) >= 11 is 0. The van der Waals surface area contributed by atoms with E-state index in [2.05, 4.69) is 19.2 Å². The van der Waals surface area contributed by atoms with Crippen LogP contribution < -0.4 is 5.32 Å². The number of ketones is 1. The van der Waals surface area contributed by atoms with Gasteiger partial charge in [-0.05, 0) is 50.5 Å². The number of rotatable bonds is 2. The van der Waals surface area contributed by atoms with Gasteiger partial charge in [0, 0.05) is 24.3 Å². The number of epoxide rings is 1. The maximum absolute atomic E-state index is 14.2. The van der Waals surface area contributed by atoms with E-state index in [-0.39, 0.29) is 53.6 Å². The van der Waals surface area contributed by atoms with E-state index in [0.29, 0.717) is 19.3 Å². The zero-order chi connectivity index (χ0) is 24.5. The zero-order valence-electron chi connectivity index (χ0n) is 20.5. The van der Waals surface area contributed by atoms with Gasteiger partial charge >= 0.3 is 0 Å². The van der Waals surface area contributed by atoms with Crippen LogP contribution in [0.5, 0.6) is 0 Å². The molecular weight excluding hydrogens is 430 g/mol. The number of carbonyl (C=O) groups is 2. The molecule has 3 N–H and O–H groups in total. The van der Waals surface area contributed by atoms with Gasteiger partial charge < -0.3 is 20.3 Å². The first-order valence-electron chi connectivity index (χ1n) is 12.6. The van der Waals surface area contributed by atoms with Crippen molar-refractivity contribution in [1.82, 2.24) is 5.32 Å². The van der Waals surface area contributed by atoms with Crippen LogP contribution >= 0.6 is 0 Å². The second-order valence-electron chi connectivity index (χ2n) is 11.7. The molecule has 0 bridgehead atoms. The Kier molecular flexibility index (Phi) is 5.58. The molecule has 0 aromatic heterocycles. The monoisotopic (exact) mass is 467 g/mol. The highest BCUT2D eigenvalue weighted by Gasteiger charge is 2.78. The number of ether oxygens (including phenoxy) is 1. The third-order valence-corrected chi connectivity index (χ3v) is 9.33. The first-order valence-corrected chi connectivity index (χ1v) is 12.6. The minimum atomic E-state index is -1.40. The Morgan fingerprint density at radius 1 is 1.15 bits per heavy atom. The van der Waals surface area contributed by atoms with Crippen LogP contribution in [-0.4, -0.2) is 51.4 Å². The Labute approximate surface area is 201 Å². The number of benzene rings is 1. The predicted octanol–water partition coefficient (Wildman–Crippen LogP) is 2.81. The summed E-state index contributed by atoms with van der Waals surface area (Å²) in [6.07, 6.45) is 4.08. The van der Waals surface area contributed by atoms with E-state index in [1.165, 1.54) is 0 Å². The van der Waals surface area contributed by atoms with Gasteiger partial charge in [0.05, 0.1) is 23.4 Å². The molecule has 1 spiro atoms. The van der Waals surface area contributed by atoms with Gasteiger partial charge in [0.2, 0.25) is 5.91 Å². The fraction of sp³-hybridized carbons (Fsp3) is 0.643. The van der Waals surface area contributed by atoms with E-state index in [1.807, 2.05) is 49.4 Å². The van der Waals surface area contributed by atoms with E-state index < -0.39 is 23.0 Å². The van der Waals surface area contributed by atoms with Gasteiger partial charge in [-0.1, -0.05) is 56.3 Å². The summed E-state index contributed by atoms with van der Waals surface area (Å²) in [7, 11) is 0. The molecule has 1 aromatic rings. The highest BCUT2D eigenvalue weighted by Crippen LogP contribution is 2.66. The molecule has 5 rings (SSSR count). The molecule has 4 aliphatic rings. The van der Waals surface area contributed by atoms with Crippen LogP contribution in [0.2, 0.25) is 0 Å². The minimum Gasteiger partial charge on any atom is -0.390 e. The van der Waals surface area contributed by atoms with Crippen LogP contribution in [-0.2, 0) is 20.7 Å². The van der Waals surface area contributed by atoms with Crippen molar-refractivity contribution in [2.45, 2.75) is 82.8 Å². The molecule has 0 radical (unpaired) electrons. The van der Waals surface area contributed by atoms with Crippen molar-refractivity contribution in [2.75, 3.05) is 0 Å². The summed E-state index contributed by atoms with van der Waals surface area (Å²) in [5, 5.41) is 25.2. The maximum atomic E-state index is 14.2. The first kappa shape index (κ1) is 23.7. The minimum absolute atomic E-state index is 0.0273. The van der Waals surface area contributed by atoms with E-state index in [1.54, 1.807) is 6.92 Å². The van der Waals surface area contributed by atoms with Gasteiger partial charge in [-0.25, -0.2) is 0 Å². The Bertz CT molecular complexity index is 1010. The molecule has 1 saturated carbocycles. The third kappa shape index (κ3) is 3.41. The molecular formula is C28H37NO5. The molecule has 1 aromatic carbocycles. The predicted molar refractivity (Wildman–Crippen MR) is 128 cm³/mol. The largest absolute Gasteiger partial charge is 0.390 e. The highest BCUT2D eigenvalue weighted by molar-refractivity contribution is 6.09. The molecule has 0 unspecified atom stereocenters. The summed E-state index contributed by atoms with van der Waals surface area (Å²) in [4.78, 5) is 28.1. The van der Waals surface area contributed by atoms with Crippen LogP contribution in [0.1, 0.15) is 52.5 Å². The average molecular weight is 468 g/mol. The van der Waals surface area contributed by atoms with Crippen molar-refractivity contribution in [3.63, 3.8) is 0 Å². The smallest absolute Gasteiger partial charge is 0.235 e. The van der Waals surface area contributed by atoms with Gasteiger partial charge in [0.1, 0.15) is 5.41 Å². The molecule has 1 amide bonds. The molecule has 2 saturated heterocycles. The Morgan fingerprint density at radius 2 is 1.85 bits per heavy atom. The number of amides is 1. The maximum Gasteiger partial charge on any atom is 0.235 e.